The Bertz CT molecular complexity index is 414. The van der Waals surface area contributed by atoms with Crippen LogP contribution in [0.5, 0.6) is 0 Å². The smallest absolute Gasteiger partial charge is 0.415 e. The van der Waals surface area contributed by atoms with Crippen molar-refractivity contribution < 1.29 is 9.53 Å². The summed E-state index contributed by atoms with van der Waals surface area (Å²) in [6, 6.07) is 9.97. The number of carbonyl (C=O) groups excluding carboxylic acids is 1. The van der Waals surface area contributed by atoms with E-state index in [1.807, 2.05) is 37.3 Å². The maximum Gasteiger partial charge on any atom is 0.415 e. The van der Waals surface area contributed by atoms with Gasteiger partial charge in [0, 0.05) is 0 Å². The summed E-state index contributed by atoms with van der Waals surface area (Å²) >= 11 is 0. The predicted octanol–water partition coefficient (Wildman–Crippen LogP) is 2.23. The van der Waals surface area contributed by atoms with Crippen molar-refractivity contribution >= 4 is 11.9 Å². The van der Waals surface area contributed by atoms with Crippen molar-refractivity contribution in [2.45, 2.75) is 13.0 Å². The molecule has 0 N–H and O–H groups in total. The van der Waals surface area contributed by atoms with Crippen LogP contribution in [0, 0.1) is 0 Å². The lowest BCUT2D eigenvalue weighted by Gasteiger charge is -2.15. The van der Waals surface area contributed by atoms with Crippen LogP contribution in [0.15, 0.2) is 35.3 Å². The number of ether oxygens (including phenoxy) is 1. The van der Waals surface area contributed by atoms with Gasteiger partial charge in [-0.15, -0.1) is 0 Å². The minimum atomic E-state index is -0.348. The van der Waals surface area contributed by atoms with Gasteiger partial charge >= 0.3 is 6.09 Å². The van der Waals surface area contributed by atoms with Crippen LogP contribution in [0.1, 0.15) is 18.5 Å². The summed E-state index contributed by atoms with van der Waals surface area (Å²) in [6.07, 6.45) is -0.348. The number of hydrogen-bond donors (Lipinski definition) is 0. The quantitative estimate of drug-likeness (QED) is 0.725. The molecule has 4 heteroatoms. The predicted molar refractivity (Wildman–Crippen MR) is 61.4 cm³/mol. The highest BCUT2D eigenvalue weighted by Gasteiger charge is 2.28. The van der Waals surface area contributed by atoms with Crippen molar-refractivity contribution in [1.29, 1.82) is 0 Å². The molecule has 0 aliphatic carbocycles. The minimum absolute atomic E-state index is 0.0281. The molecular weight excluding hydrogens is 204 g/mol. The minimum Gasteiger partial charge on any atom is -0.452 e. The lowest BCUT2D eigenvalue weighted by atomic mass is 10.1. The maximum absolute atomic E-state index is 11.4. The Hall–Kier alpha value is -1.84. The Morgan fingerprint density at radius 2 is 2.12 bits per heavy atom. The van der Waals surface area contributed by atoms with Crippen LogP contribution < -0.4 is 0 Å². The standard InChI is InChI=1S/C12H14N2O2/c1-9-13-11(8-14(9)12(15)16-2)10-6-4-3-5-7-10/h3-7,11H,8H2,1-2H3. The van der Waals surface area contributed by atoms with Crippen molar-refractivity contribution in [2.24, 2.45) is 4.99 Å². The van der Waals surface area contributed by atoms with E-state index in [9.17, 15) is 4.79 Å². The number of nitrogens with zero attached hydrogens (tertiary/aromatic N) is 2. The molecule has 0 spiro atoms. The van der Waals surface area contributed by atoms with Crippen molar-refractivity contribution in [3.63, 3.8) is 0 Å². The molecule has 1 aromatic carbocycles. The van der Waals surface area contributed by atoms with E-state index in [-0.39, 0.29) is 12.1 Å². The van der Waals surface area contributed by atoms with Crippen LogP contribution in [0.4, 0.5) is 4.79 Å². The van der Waals surface area contributed by atoms with Crippen molar-refractivity contribution in [2.75, 3.05) is 13.7 Å². The van der Waals surface area contributed by atoms with Gasteiger partial charge in [0.15, 0.2) is 0 Å². The van der Waals surface area contributed by atoms with E-state index in [0.717, 1.165) is 5.56 Å². The van der Waals surface area contributed by atoms with E-state index >= 15 is 0 Å². The summed E-state index contributed by atoms with van der Waals surface area (Å²) in [5.74, 6) is 0.709. The van der Waals surface area contributed by atoms with Gasteiger partial charge in [-0.25, -0.2) is 4.79 Å². The maximum atomic E-state index is 11.4. The van der Waals surface area contributed by atoms with Gasteiger partial charge in [-0.1, -0.05) is 30.3 Å². The highest BCUT2D eigenvalue weighted by atomic mass is 16.5. The molecule has 0 saturated heterocycles. The Balaban J connectivity index is 2.16. The first-order valence-electron chi connectivity index (χ1n) is 5.17. The lowest BCUT2D eigenvalue weighted by molar-refractivity contribution is 0.147. The molecule has 1 unspecified atom stereocenters. The van der Waals surface area contributed by atoms with Gasteiger partial charge in [0.05, 0.1) is 19.7 Å². The first-order valence-corrected chi connectivity index (χ1v) is 5.17. The fourth-order valence-corrected chi connectivity index (χ4v) is 1.81. The number of methoxy groups -OCH3 is 1. The topological polar surface area (TPSA) is 41.9 Å². The third kappa shape index (κ3) is 1.91. The zero-order chi connectivity index (χ0) is 11.5. The summed E-state index contributed by atoms with van der Waals surface area (Å²) in [4.78, 5) is 17.4. The number of rotatable bonds is 1. The van der Waals surface area contributed by atoms with E-state index in [4.69, 9.17) is 4.74 Å². The second kappa shape index (κ2) is 4.35. The monoisotopic (exact) mass is 218 g/mol. The Morgan fingerprint density at radius 3 is 2.75 bits per heavy atom. The molecule has 0 fully saturated rings. The zero-order valence-corrected chi connectivity index (χ0v) is 9.38. The summed E-state index contributed by atoms with van der Waals surface area (Å²) in [7, 11) is 1.38. The molecule has 1 aliphatic heterocycles. The van der Waals surface area contributed by atoms with Crippen LogP contribution in [-0.4, -0.2) is 30.5 Å². The molecule has 0 bridgehead atoms. The molecule has 0 aromatic heterocycles. The molecule has 0 saturated carbocycles. The van der Waals surface area contributed by atoms with Crippen LogP contribution in [-0.2, 0) is 4.74 Å². The van der Waals surface area contributed by atoms with Crippen LogP contribution in [0.2, 0.25) is 0 Å². The average Bonchev–Trinajstić information content (AvgIpc) is 2.71. The largest absolute Gasteiger partial charge is 0.452 e. The molecule has 1 aliphatic rings. The average molecular weight is 218 g/mol. The summed E-state index contributed by atoms with van der Waals surface area (Å²) in [5.41, 5.74) is 1.12. The SMILES string of the molecule is COC(=O)N1CC(c2ccccc2)N=C1C. The Labute approximate surface area is 94.5 Å². The normalized spacial score (nSPS) is 19.5. The zero-order valence-electron chi connectivity index (χ0n) is 9.38. The van der Waals surface area contributed by atoms with Gasteiger partial charge in [-0.3, -0.25) is 9.89 Å². The number of carbonyl (C=O) groups is 1. The van der Waals surface area contributed by atoms with Gasteiger partial charge in [0.1, 0.15) is 5.84 Å². The van der Waals surface area contributed by atoms with Gasteiger partial charge in [-0.05, 0) is 12.5 Å². The summed E-state index contributed by atoms with van der Waals surface area (Å²) in [5, 5.41) is 0. The van der Waals surface area contributed by atoms with E-state index in [1.54, 1.807) is 4.90 Å². The van der Waals surface area contributed by atoms with Gasteiger partial charge in [0.2, 0.25) is 0 Å². The molecule has 1 heterocycles. The molecule has 16 heavy (non-hydrogen) atoms. The first-order chi connectivity index (χ1) is 7.72. The summed E-state index contributed by atoms with van der Waals surface area (Å²) in [6.45, 7) is 2.38. The van der Waals surface area contributed by atoms with Crippen molar-refractivity contribution in [1.82, 2.24) is 4.90 Å². The van der Waals surface area contributed by atoms with Crippen LogP contribution in [0.25, 0.3) is 0 Å². The number of amidine groups is 1. The van der Waals surface area contributed by atoms with Gasteiger partial charge in [-0.2, -0.15) is 0 Å². The van der Waals surface area contributed by atoms with E-state index in [0.29, 0.717) is 12.4 Å². The molecular formula is C12H14N2O2. The van der Waals surface area contributed by atoms with E-state index < -0.39 is 0 Å². The van der Waals surface area contributed by atoms with Gasteiger partial charge < -0.3 is 4.74 Å². The van der Waals surface area contributed by atoms with Gasteiger partial charge in [0.25, 0.3) is 0 Å². The fraction of sp³-hybridized carbons (Fsp3) is 0.333. The molecule has 2 rings (SSSR count). The lowest BCUT2D eigenvalue weighted by Crippen LogP contribution is -2.32. The Kier molecular flexibility index (Phi) is 2.90. The summed E-state index contributed by atoms with van der Waals surface area (Å²) < 4.78 is 4.69. The third-order valence-corrected chi connectivity index (χ3v) is 2.67. The number of amides is 1. The fourth-order valence-electron chi connectivity index (χ4n) is 1.81. The molecule has 1 atom stereocenters. The van der Waals surface area contributed by atoms with Crippen LogP contribution >= 0.6 is 0 Å². The number of benzene rings is 1. The third-order valence-electron chi connectivity index (χ3n) is 2.67. The molecule has 0 radical (unpaired) electrons. The second-order valence-electron chi connectivity index (χ2n) is 3.68. The highest BCUT2D eigenvalue weighted by Crippen LogP contribution is 2.24. The first kappa shape index (κ1) is 10.7. The second-order valence-corrected chi connectivity index (χ2v) is 3.68. The molecule has 84 valence electrons. The molecule has 4 nitrogen and oxygen atoms in total. The van der Waals surface area contributed by atoms with E-state index in [1.165, 1.54) is 7.11 Å². The highest BCUT2D eigenvalue weighted by molar-refractivity contribution is 5.95. The number of hydrogen-bond acceptors (Lipinski definition) is 3. The van der Waals surface area contributed by atoms with Crippen LogP contribution in [0.3, 0.4) is 0 Å². The number of aliphatic imine (C=N–C) groups is 1. The molecule has 1 aromatic rings. The van der Waals surface area contributed by atoms with E-state index in [2.05, 4.69) is 4.99 Å². The molecule has 1 amide bonds. The van der Waals surface area contributed by atoms with Crippen molar-refractivity contribution in [3.8, 4) is 0 Å². The Morgan fingerprint density at radius 1 is 1.44 bits per heavy atom. The van der Waals surface area contributed by atoms with Crippen molar-refractivity contribution in [3.05, 3.63) is 35.9 Å².